The standard InChI is InChI=1S/C27H26ClFN6O4S.C21H22ClFN4O2S.C6H5ClN2O2.CH3F.B55/c1-3-39-26(38)19-21(15-6-9-35(10-7-15)27-31-13-14(2)20(34-27)25(36)37)32-23(24-30-8-11-40-24)33-22(19)17-5-4-16(29)12-18(17)28;1-2-29-21(28)16-17(12-5-7-24-8-6-12)26-19(20-25-9-10-30-20)27-18(16)14-4-3-13(23)11-15(14)22;1-3-2-8-6(7)9-4(3)5(10)11;1-2;1-29-43(28)50(42(26)27)54(51(44(30(2)3)31(4)5)45(32(6)7)33(8)9)55(52(46(34(10)11)35(12)13)47(36(14)15)37(16)17)53(48(38(18)19)39(20)21)49(40(22)23)41(24)25/h4-5,8,11-13,15,22H,3,6-7,9-10H2,1-2H3,(H,32,33)(H,36,37);3-4,9-12,18,24H,2,5-8H2,1H3,(H,26,27);2H,1H3,(H,10,11);1H3;. The van der Waals surface area contributed by atoms with Crippen molar-refractivity contribution in [2.45, 2.75) is 65.5 Å². The highest BCUT2D eigenvalue weighted by Gasteiger charge is 2.62. The summed E-state index contributed by atoms with van der Waals surface area (Å²) in [6, 6.07) is 6.63. The van der Waals surface area contributed by atoms with E-state index in [1.807, 2.05) is 15.7 Å². The molecule has 603 valence electrons. The number of aromatic carboxylic acids is 2. The molecule has 2 aromatic carbocycles. The van der Waals surface area contributed by atoms with Gasteiger partial charge in [-0.3, -0.25) is 14.4 Å². The maximum absolute atomic E-state index is 13.9. The van der Waals surface area contributed by atoms with Crippen LogP contribution in [0.15, 0.2) is 104 Å². The fourth-order valence-electron chi connectivity index (χ4n) is 18.7. The molecule has 2 atom stereocenters. The Kier molecular flexibility index (Phi) is 52.2. The summed E-state index contributed by atoms with van der Waals surface area (Å²) in [5.74, 6) is -2.66. The zero-order valence-corrected chi connectivity index (χ0v) is 80.9. The maximum Gasteiger partial charge on any atom is 0.354 e. The van der Waals surface area contributed by atoms with Crippen LogP contribution >= 0.6 is 57.5 Å². The van der Waals surface area contributed by atoms with Gasteiger partial charge in [-0.2, -0.15) is 0 Å². The predicted molar refractivity (Wildman–Crippen MR) is 626 cm³/mol. The van der Waals surface area contributed by atoms with Gasteiger partial charge in [0.2, 0.25) is 11.2 Å². The lowest BCUT2D eigenvalue weighted by atomic mass is 8.23. The molecule has 8 heterocycles. The van der Waals surface area contributed by atoms with Crippen LogP contribution in [0.25, 0.3) is 0 Å². The predicted octanol–water partition coefficient (Wildman–Crippen LogP) is -10.8. The van der Waals surface area contributed by atoms with Crippen LogP contribution in [0.3, 0.4) is 0 Å². The number of allylic oxidation sites excluding steroid dienone is 2. The first kappa shape index (κ1) is 123. The van der Waals surface area contributed by atoms with E-state index in [2.05, 4.69) is 45.9 Å². The lowest BCUT2D eigenvalue weighted by molar-refractivity contribution is -0.140. The minimum absolute atomic E-state index is 0.0308. The number of aryl methyl sites for hydroxylation is 2. The lowest BCUT2D eigenvalue weighted by Crippen LogP contribution is -2.96. The van der Waals surface area contributed by atoms with Gasteiger partial charge >= 0.3 is 23.9 Å². The van der Waals surface area contributed by atoms with Crippen LogP contribution in [-0.4, -0.2) is 512 Å². The van der Waals surface area contributed by atoms with Gasteiger partial charge in [0.1, 0.15) is 23.7 Å². The summed E-state index contributed by atoms with van der Waals surface area (Å²) in [7, 11) is 184. The molecule has 0 aliphatic carbocycles. The van der Waals surface area contributed by atoms with Gasteiger partial charge in [0, 0.05) is 494 Å². The third-order valence-electron chi connectivity index (χ3n) is 24.5. The second-order valence-corrected chi connectivity index (χ2v) is 36.5. The zero-order valence-electron chi connectivity index (χ0n) is 77.0. The fraction of sp³-hybridized carbons (Fsp3) is 0.345. The third kappa shape index (κ3) is 32.6. The summed E-state index contributed by atoms with van der Waals surface area (Å²) in [5.41, 5.74) is 4.13. The molecule has 0 amide bonds. The van der Waals surface area contributed by atoms with Crippen LogP contribution in [0, 0.1) is 37.3 Å². The Balaban J connectivity index is 0.000000306. The van der Waals surface area contributed by atoms with Crippen LogP contribution in [0.5, 0.6) is 0 Å². The molecular weight excluding hydrogens is 1780 g/mol. The summed E-state index contributed by atoms with van der Waals surface area (Å²) < 4.78 is 48.0. The number of anilines is 1. The molecule has 83 heteroatoms. The van der Waals surface area contributed by atoms with E-state index in [0.717, 1.165) is 38.7 Å². The second-order valence-electron chi connectivity index (χ2n) is 33.6. The molecule has 4 aromatic heterocycles. The number of carboxylic acid groups (broad SMARTS) is 2. The number of carbonyl (C=O) groups excluding carboxylic acids is 2. The molecule has 0 spiro atoms. The van der Waals surface area contributed by atoms with E-state index in [0.29, 0.717) is 99.8 Å². The van der Waals surface area contributed by atoms with Gasteiger partial charge in [-0.15, -0.1) is 22.7 Å². The van der Waals surface area contributed by atoms with Crippen molar-refractivity contribution in [2.24, 2.45) is 21.8 Å². The number of amidine groups is 2. The Hall–Kier alpha value is -3.85. The molecule has 57 radical (unpaired) electrons. The Morgan fingerprint density at radius 2 is 0.775 bits per heavy atom. The molecule has 2 unspecified atom stereocenters. The highest BCUT2D eigenvalue weighted by atomic mass is 35.5. The summed E-state index contributed by atoms with van der Waals surface area (Å²) in [4.78, 5) is 84.5. The molecule has 138 heavy (non-hydrogen) atoms. The van der Waals surface area contributed by atoms with Crippen molar-refractivity contribution in [3.05, 3.63) is 165 Å². The van der Waals surface area contributed by atoms with Gasteiger partial charge in [-0.05, 0) is 102 Å². The number of rotatable bonds is 39. The van der Waals surface area contributed by atoms with E-state index < -0.39 is 214 Å². The number of piperidine rings is 2. The van der Waals surface area contributed by atoms with Crippen LogP contribution in [-0.2, 0) is 19.1 Å². The quantitative estimate of drug-likeness (QED) is 0.0136. The van der Waals surface area contributed by atoms with Crippen molar-refractivity contribution in [3.63, 3.8) is 0 Å². The highest BCUT2D eigenvalue weighted by molar-refractivity contribution is 8.36. The highest BCUT2D eigenvalue weighted by Crippen LogP contribution is 2.43. The SMILES string of the molecule is CCOC(=O)C1=C(C2CCN(c3ncc(C)c(C(=O)O)n3)CC2)NC(c2nccs2)=NC1c1ccc(F)cc1Cl.CCOC(=O)C1=C(C2CCNCC2)NC(c2nccs2)=NC1c1ccc(F)cc1Cl.CF.Cc1cnc(Cl)nc1C(=O)O.[B][B]B([B])B(B([B])[B])B(B(B(B([B])[B])B([B])[B])B(B([B])[B])B([B])[B])B(B(B(B([B])[B])B([B])[B])B(B([B])[B])B([B])[B])B(B(B([B])[B])B([B])[B])B(B([B])[B])B([B])[B]. The van der Waals surface area contributed by atoms with E-state index in [1.54, 1.807) is 46.2 Å². The van der Waals surface area contributed by atoms with E-state index in [4.69, 9.17) is 276 Å². The number of thiazole rings is 2. The number of aliphatic imine (C=N–C) groups is 2. The van der Waals surface area contributed by atoms with Crippen LogP contribution in [0.2, 0.25) is 15.3 Å². The topological polar surface area (TPSA) is 269 Å². The van der Waals surface area contributed by atoms with Gasteiger partial charge < -0.3 is 40.5 Å². The molecule has 5 N–H and O–H groups in total. The molecule has 0 saturated carbocycles. The minimum Gasteiger partial charge on any atom is -0.476 e. The average molecular weight is 1840 g/mol. The van der Waals surface area contributed by atoms with Gasteiger partial charge in [-0.25, -0.2) is 57.9 Å². The molecule has 0 bridgehead atoms. The molecule has 6 aromatic rings. The number of hydrogen-bond acceptors (Lipinski definition) is 20. The number of nitrogens with one attached hydrogen (secondary N) is 3. The molecule has 4 aliphatic rings. The molecule has 4 aliphatic heterocycles. The summed E-state index contributed by atoms with van der Waals surface area (Å²) in [6.45, 7) is 9.94. The van der Waals surface area contributed by atoms with Crippen molar-refractivity contribution in [3.8, 4) is 0 Å². The van der Waals surface area contributed by atoms with Gasteiger partial charge in [0.15, 0.2) is 33.1 Å². The lowest BCUT2D eigenvalue weighted by Gasteiger charge is -2.58. The van der Waals surface area contributed by atoms with E-state index in [9.17, 15) is 37.5 Å². The summed E-state index contributed by atoms with van der Waals surface area (Å²) in [6.07, 6.45) is -25.6. The van der Waals surface area contributed by atoms with Crippen LogP contribution in [0.4, 0.5) is 19.1 Å². The van der Waals surface area contributed by atoms with Gasteiger partial charge in [0.05, 0.1) is 31.5 Å². The Morgan fingerprint density at radius 3 is 1.07 bits per heavy atom. The minimum atomic E-state index is -1.42. The fourth-order valence-corrected chi connectivity index (χ4v) is 20.6. The van der Waals surface area contributed by atoms with Crippen molar-refractivity contribution < 1.29 is 52.0 Å². The maximum atomic E-state index is 13.9. The second kappa shape index (κ2) is 58.6. The van der Waals surface area contributed by atoms with E-state index in [1.165, 1.54) is 65.4 Å². The monoisotopic (exact) mass is 1840 g/mol. The number of carbonyl (C=O) groups is 4. The Bertz CT molecular complexity index is 4890. The number of nitrogens with zero attached hydrogens (tertiary/aromatic N) is 9. The number of carboxylic acids is 2. The molecule has 20 nitrogen and oxygen atoms in total. The van der Waals surface area contributed by atoms with E-state index >= 15 is 0 Å². The first-order valence-electron chi connectivity index (χ1n) is 43.8. The van der Waals surface area contributed by atoms with Crippen LogP contribution in [0.1, 0.15) is 105 Å². The normalized spacial score (nSPS) is 14.2. The summed E-state index contributed by atoms with van der Waals surface area (Å²) in [5, 5.41) is 33.5. The van der Waals surface area contributed by atoms with Gasteiger partial charge in [0.25, 0.3) is 0 Å². The van der Waals surface area contributed by atoms with Gasteiger partial charge in [-0.1, -0.05) is 35.3 Å². The third-order valence-corrected chi connectivity index (χ3v) is 26.9. The van der Waals surface area contributed by atoms with Crippen LogP contribution < -0.4 is 20.9 Å². The average Bonchev–Trinajstić information content (AvgIpc) is 0.780. The van der Waals surface area contributed by atoms with Crippen molar-refractivity contribution in [1.29, 1.82) is 0 Å². The first-order valence-corrected chi connectivity index (χ1v) is 46.7. The number of benzene rings is 2. The number of esters is 2. The number of hydrogen-bond donors (Lipinski definition) is 5. The molecular formula is C55H56B55Cl3F3N12O8S2. The number of halogens is 6. The Morgan fingerprint density at radius 1 is 0.464 bits per heavy atom. The number of ether oxygens (including phenoxy) is 2. The number of alkyl halides is 1. The molecule has 2 saturated heterocycles. The number of aromatic nitrogens is 6. The molecule has 10 rings (SSSR count). The largest absolute Gasteiger partial charge is 0.476 e. The van der Waals surface area contributed by atoms with Crippen molar-refractivity contribution >= 4 is 489 Å². The van der Waals surface area contributed by atoms with Crippen molar-refractivity contribution in [1.82, 2.24) is 45.9 Å². The zero-order chi connectivity index (χ0) is 104. The molecule has 2 fully saturated rings. The summed E-state index contributed by atoms with van der Waals surface area (Å²) >= 11 is 21.1. The first-order chi connectivity index (χ1) is 65.0. The Labute approximate surface area is 882 Å². The van der Waals surface area contributed by atoms with Crippen molar-refractivity contribution in [2.75, 3.05) is 51.5 Å². The smallest absolute Gasteiger partial charge is 0.354 e. The van der Waals surface area contributed by atoms with E-state index in [-0.39, 0.29) is 51.8 Å².